The van der Waals surface area contributed by atoms with Crippen LogP contribution in [0.2, 0.25) is 0 Å². The first-order valence-electron chi connectivity index (χ1n) is 6.79. The summed E-state index contributed by atoms with van der Waals surface area (Å²) in [7, 11) is -3.21. The molecule has 1 heterocycles. The van der Waals surface area contributed by atoms with Gasteiger partial charge in [0.25, 0.3) is 0 Å². The van der Waals surface area contributed by atoms with Gasteiger partial charge in [0, 0.05) is 12.3 Å². The lowest BCUT2D eigenvalue weighted by Gasteiger charge is -2.33. The minimum atomic E-state index is -3.21. The second-order valence-corrected chi connectivity index (χ2v) is 7.77. The molecule has 4 nitrogen and oxygen atoms in total. The molecule has 0 spiro atoms. The van der Waals surface area contributed by atoms with Gasteiger partial charge in [0.05, 0.1) is 11.9 Å². The van der Waals surface area contributed by atoms with Crippen LogP contribution in [0.15, 0.2) is 23.4 Å². The third-order valence-electron chi connectivity index (χ3n) is 3.93. The average molecular weight is 282 g/mol. The molecule has 0 radical (unpaired) electrons. The molecular weight excluding hydrogens is 260 g/mol. The molecule has 1 aromatic rings. The number of anilines is 1. The van der Waals surface area contributed by atoms with E-state index in [1.54, 1.807) is 18.3 Å². The van der Waals surface area contributed by atoms with Gasteiger partial charge in [0.1, 0.15) is 0 Å². The summed E-state index contributed by atoms with van der Waals surface area (Å²) in [5.41, 5.74) is 0.901. The molecule has 0 saturated heterocycles. The van der Waals surface area contributed by atoms with E-state index in [4.69, 9.17) is 0 Å². The predicted octanol–water partition coefficient (Wildman–Crippen LogP) is 2.72. The Balaban J connectivity index is 2.07. The zero-order valence-electron chi connectivity index (χ0n) is 11.8. The van der Waals surface area contributed by atoms with Gasteiger partial charge in [0.2, 0.25) is 0 Å². The normalized spacial score (nSPS) is 28.1. The van der Waals surface area contributed by atoms with Crippen molar-refractivity contribution in [2.75, 3.05) is 11.6 Å². The van der Waals surface area contributed by atoms with Gasteiger partial charge in [-0.2, -0.15) is 0 Å². The summed E-state index contributed by atoms with van der Waals surface area (Å²) >= 11 is 0. The van der Waals surface area contributed by atoms with Crippen molar-refractivity contribution in [3.8, 4) is 0 Å². The van der Waals surface area contributed by atoms with Gasteiger partial charge in [-0.25, -0.2) is 13.4 Å². The highest BCUT2D eigenvalue weighted by Gasteiger charge is 2.25. The summed E-state index contributed by atoms with van der Waals surface area (Å²) in [6.07, 6.45) is 6.49. The highest BCUT2D eigenvalue weighted by molar-refractivity contribution is 7.90. The van der Waals surface area contributed by atoms with E-state index in [1.807, 2.05) is 0 Å². The second-order valence-electron chi connectivity index (χ2n) is 5.80. The smallest absolute Gasteiger partial charge is 0.192 e. The maximum Gasteiger partial charge on any atom is 0.192 e. The van der Waals surface area contributed by atoms with E-state index in [0.29, 0.717) is 12.0 Å². The van der Waals surface area contributed by atoms with Crippen LogP contribution in [0, 0.1) is 11.8 Å². The fourth-order valence-electron chi connectivity index (χ4n) is 2.63. The van der Waals surface area contributed by atoms with Gasteiger partial charge >= 0.3 is 0 Å². The molecule has 2 rings (SSSR count). The molecule has 0 aliphatic heterocycles. The Kier molecular flexibility index (Phi) is 4.13. The van der Waals surface area contributed by atoms with Crippen LogP contribution in [0.4, 0.5) is 5.69 Å². The minimum absolute atomic E-state index is 0.128. The maximum atomic E-state index is 11.3. The third-order valence-corrected chi connectivity index (χ3v) is 4.93. The minimum Gasteiger partial charge on any atom is -0.381 e. The molecule has 106 valence electrons. The van der Waals surface area contributed by atoms with Crippen LogP contribution in [0.25, 0.3) is 0 Å². The largest absolute Gasteiger partial charge is 0.381 e. The second kappa shape index (κ2) is 5.49. The fraction of sp³-hybridized carbons (Fsp3) is 0.643. The summed E-state index contributed by atoms with van der Waals surface area (Å²) in [5, 5.41) is 3.61. The lowest BCUT2D eigenvalue weighted by atomic mass is 9.80. The van der Waals surface area contributed by atoms with Crippen molar-refractivity contribution >= 4 is 15.5 Å². The first kappa shape index (κ1) is 14.3. The number of pyridine rings is 1. The standard InChI is InChI=1S/C14H22N2O2S/c1-10-4-5-11(2)13(8-10)16-12-6-7-14(15-9-12)19(3,17)18/h6-7,9-11,13,16H,4-5,8H2,1-3H3. The van der Waals surface area contributed by atoms with Crippen molar-refractivity contribution in [1.82, 2.24) is 4.98 Å². The molecule has 1 aliphatic carbocycles. The Labute approximate surface area is 115 Å². The highest BCUT2D eigenvalue weighted by atomic mass is 32.2. The molecule has 19 heavy (non-hydrogen) atoms. The van der Waals surface area contributed by atoms with Crippen LogP contribution in [-0.2, 0) is 9.84 Å². The molecule has 1 aliphatic rings. The number of hydrogen-bond donors (Lipinski definition) is 1. The molecule has 1 saturated carbocycles. The summed E-state index contributed by atoms with van der Waals surface area (Å²) < 4.78 is 22.7. The summed E-state index contributed by atoms with van der Waals surface area (Å²) in [6.45, 7) is 4.55. The summed E-state index contributed by atoms with van der Waals surface area (Å²) in [6, 6.07) is 3.82. The number of nitrogens with zero attached hydrogens (tertiary/aromatic N) is 1. The Morgan fingerprint density at radius 2 is 2.00 bits per heavy atom. The van der Waals surface area contributed by atoms with E-state index in [9.17, 15) is 8.42 Å². The van der Waals surface area contributed by atoms with Gasteiger partial charge < -0.3 is 5.32 Å². The Morgan fingerprint density at radius 3 is 2.58 bits per heavy atom. The summed E-state index contributed by atoms with van der Waals surface area (Å²) in [4.78, 5) is 4.01. The van der Waals surface area contributed by atoms with Gasteiger partial charge in [-0.05, 0) is 36.8 Å². The number of rotatable bonds is 3. The first-order valence-corrected chi connectivity index (χ1v) is 8.68. The molecule has 3 unspecified atom stereocenters. The molecule has 0 bridgehead atoms. The molecule has 0 aromatic carbocycles. The van der Waals surface area contributed by atoms with Crippen molar-refractivity contribution in [2.24, 2.45) is 11.8 Å². The van der Waals surface area contributed by atoms with Crippen LogP contribution in [0.3, 0.4) is 0 Å². The number of nitrogens with one attached hydrogen (secondary N) is 1. The van der Waals surface area contributed by atoms with Crippen LogP contribution >= 0.6 is 0 Å². The van der Waals surface area contributed by atoms with E-state index in [-0.39, 0.29) is 5.03 Å². The van der Waals surface area contributed by atoms with Crippen LogP contribution in [-0.4, -0.2) is 25.7 Å². The van der Waals surface area contributed by atoms with Gasteiger partial charge in [0.15, 0.2) is 14.9 Å². The monoisotopic (exact) mass is 282 g/mol. The molecular formula is C14H22N2O2S. The predicted molar refractivity (Wildman–Crippen MR) is 76.9 cm³/mol. The molecule has 1 fully saturated rings. The van der Waals surface area contributed by atoms with Crippen molar-refractivity contribution < 1.29 is 8.42 Å². The van der Waals surface area contributed by atoms with Gasteiger partial charge in [-0.15, -0.1) is 0 Å². The lowest BCUT2D eigenvalue weighted by Crippen LogP contribution is -2.33. The van der Waals surface area contributed by atoms with Crippen molar-refractivity contribution in [3.63, 3.8) is 0 Å². The van der Waals surface area contributed by atoms with E-state index in [1.165, 1.54) is 19.1 Å². The Bertz CT molecular complexity index is 525. The molecule has 1 aromatic heterocycles. The maximum absolute atomic E-state index is 11.3. The zero-order chi connectivity index (χ0) is 14.0. The van der Waals surface area contributed by atoms with Gasteiger partial charge in [-0.3, -0.25) is 0 Å². The Hall–Kier alpha value is -1.10. The number of sulfone groups is 1. The zero-order valence-corrected chi connectivity index (χ0v) is 12.6. The van der Waals surface area contributed by atoms with Crippen molar-refractivity contribution in [2.45, 2.75) is 44.2 Å². The summed E-state index contributed by atoms with van der Waals surface area (Å²) in [5.74, 6) is 1.39. The van der Waals surface area contributed by atoms with Crippen LogP contribution in [0.1, 0.15) is 33.1 Å². The fourth-order valence-corrected chi connectivity index (χ4v) is 3.19. The SMILES string of the molecule is CC1CCC(C)C(Nc2ccc(S(C)(=O)=O)nc2)C1. The van der Waals surface area contributed by atoms with E-state index < -0.39 is 9.84 Å². The topological polar surface area (TPSA) is 59.1 Å². The molecule has 3 atom stereocenters. The third kappa shape index (κ3) is 3.69. The van der Waals surface area contributed by atoms with E-state index in [0.717, 1.165) is 18.0 Å². The quantitative estimate of drug-likeness (QED) is 0.926. The molecule has 5 heteroatoms. The molecule has 1 N–H and O–H groups in total. The van der Waals surface area contributed by atoms with Gasteiger partial charge in [-0.1, -0.05) is 20.3 Å². The average Bonchev–Trinajstić information content (AvgIpc) is 2.33. The first-order chi connectivity index (χ1) is 8.86. The molecule has 0 amide bonds. The Morgan fingerprint density at radius 1 is 1.26 bits per heavy atom. The van der Waals surface area contributed by atoms with E-state index in [2.05, 4.69) is 24.1 Å². The number of hydrogen-bond acceptors (Lipinski definition) is 4. The van der Waals surface area contributed by atoms with Crippen molar-refractivity contribution in [1.29, 1.82) is 0 Å². The number of aromatic nitrogens is 1. The highest BCUT2D eigenvalue weighted by Crippen LogP contribution is 2.30. The lowest BCUT2D eigenvalue weighted by molar-refractivity contribution is 0.280. The van der Waals surface area contributed by atoms with Crippen molar-refractivity contribution in [3.05, 3.63) is 18.3 Å². The van der Waals surface area contributed by atoms with E-state index >= 15 is 0 Å². The van der Waals surface area contributed by atoms with Crippen LogP contribution < -0.4 is 5.32 Å². The van der Waals surface area contributed by atoms with Crippen LogP contribution in [0.5, 0.6) is 0 Å².